The van der Waals surface area contributed by atoms with E-state index in [0.717, 1.165) is 38.0 Å². The average Bonchev–Trinajstić information content (AvgIpc) is 2.78. The number of piperidine rings is 1. The van der Waals surface area contributed by atoms with Gasteiger partial charge in [-0.1, -0.05) is 39.3 Å². The molecule has 1 aromatic carbocycles. The van der Waals surface area contributed by atoms with Crippen LogP contribution in [0.3, 0.4) is 0 Å². The molecule has 2 aliphatic rings. The fourth-order valence-corrected chi connectivity index (χ4v) is 4.99. The van der Waals surface area contributed by atoms with Gasteiger partial charge in [-0.3, -0.25) is 19.3 Å². The van der Waals surface area contributed by atoms with Crippen molar-refractivity contribution in [3.8, 4) is 0 Å². The molecular formula is C26H41ClN4O3. The van der Waals surface area contributed by atoms with Crippen molar-refractivity contribution < 1.29 is 14.4 Å². The number of hydrogen-bond donors (Lipinski definition) is 1. The molecule has 2 heterocycles. The maximum atomic E-state index is 13.4. The average molecular weight is 493 g/mol. The number of nitrogens with one attached hydrogen (secondary N) is 1. The maximum absolute atomic E-state index is 13.4. The van der Waals surface area contributed by atoms with E-state index in [0.29, 0.717) is 37.3 Å². The van der Waals surface area contributed by atoms with E-state index in [1.807, 2.05) is 29.2 Å². The molecule has 2 aliphatic heterocycles. The molecule has 0 bridgehead atoms. The van der Waals surface area contributed by atoms with E-state index in [-0.39, 0.29) is 30.1 Å². The van der Waals surface area contributed by atoms with Crippen molar-refractivity contribution in [2.45, 2.75) is 71.0 Å². The predicted molar refractivity (Wildman–Crippen MR) is 137 cm³/mol. The SMILES string of the molecule is CCCCN1C(=O)[C@H](CC(C)C)NC(=O)C12CCN(Cc1ccc(C(=O)N(C)C)cc1)CC2.Cl. The molecule has 2 saturated heterocycles. The smallest absolute Gasteiger partial charge is 0.253 e. The third kappa shape index (κ3) is 6.11. The van der Waals surface area contributed by atoms with E-state index in [1.54, 1.807) is 19.0 Å². The van der Waals surface area contributed by atoms with Gasteiger partial charge in [0.05, 0.1) is 0 Å². The normalized spacial score (nSPS) is 20.3. The molecule has 0 radical (unpaired) electrons. The summed E-state index contributed by atoms with van der Waals surface area (Å²) in [5.74, 6) is 0.460. The zero-order valence-corrected chi connectivity index (χ0v) is 22.1. The number of halogens is 1. The van der Waals surface area contributed by atoms with Crippen molar-refractivity contribution in [1.82, 2.24) is 20.0 Å². The van der Waals surface area contributed by atoms with Crippen LogP contribution in [0.1, 0.15) is 68.8 Å². The molecule has 34 heavy (non-hydrogen) atoms. The van der Waals surface area contributed by atoms with Crippen LogP contribution in [0.4, 0.5) is 0 Å². The van der Waals surface area contributed by atoms with E-state index in [2.05, 4.69) is 31.0 Å². The Morgan fingerprint density at radius 2 is 1.76 bits per heavy atom. The van der Waals surface area contributed by atoms with Crippen molar-refractivity contribution in [3.05, 3.63) is 35.4 Å². The highest BCUT2D eigenvalue weighted by atomic mass is 35.5. The van der Waals surface area contributed by atoms with Crippen LogP contribution in [-0.4, -0.2) is 77.7 Å². The lowest BCUT2D eigenvalue weighted by molar-refractivity contribution is -0.161. The highest BCUT2D eigenvalue weighted by molar-refractivity contribution is 6.00. The molecule has 3 rings (SSSR count). The minimum Gasteiger partial charge on any atom is -0.345 e. The molecule has 1 atom stereocenters. The van der Waals surface area contributed by atoms with Crippen LogP contribution in [-0.2, 0) is 16.1 Å². The van der Waals surface area contributed by atoms with Gasteiger partial charge in [0, 0.05) is 45.8 Å². The number of carbonyl (C=O) groups excluding carboxylic acids is 3. The van der Waals surface area contributed by atoms with E-state index >= 15 is 0 Å². The highest BCUT2D eigenvalue weighted by Gasteiger charge is 2.53. The molecule has 1 aromatic rings. The van der Waals surface area contributed by atoms with Crippen molar-refractivity contribution in [3.63, 3.8) is 0 Å². The van der Waals surface area contributed by atoms with Crippen LogP contribution in [0.25, 0.3) is 0 Å². The van der Waals surface area contributed by atoms with Crippen LogP contribution in [0, 0.1) is 5.92 Å². The quantitative estimate of drug-likeness (QED) is 0.604. The first-order valence-corrected chi connectivity index (χ1v) is 12.3. The monoisotopic (exact) mass is 492 g/mol. The van der Waals surface area contributed by atoms with Gasteiger partial charge in [-0.2, -0.15) is 0 Å². The number of amides is 3. The lowest BCUT2D eigenvalue weighted by atomic mass is 9.80. The summed E-state index contributed by atoms with van der Waals surface area (Å²) in [5, 5.41) is 3.07. The molecule has 3 amide bonds. The molecule has 1 spiro atoms. The number of benzene rings is 1. The lowest BCUT2D eigenvalue weighted by Gasteiger charge is -2.52. The van der Waals surface area contributed by atoms with Gasteiger partial charge in [0.15, 0.2) is 0 Å². The molecule has 2 fully saturated rings. The molecule has 0 aromatic heterocycles. The van der Waals surface area contributed by atoms with Gasteiger partial charge >= 0.3 is 0 Å². The lowest BCUT2D eigenvalue weighted by Crippen LogP contribution is -2.73. The molecule has 0 unspecified atom stereocenters. The van der Waals surface area contributed by atoms with Crippen molar-refractivity contribution >= 4 is 30.1 Å². The summed E-state index contributed by atoms with van der Waals surface area (Å²) in [5.41, 5.74) is 1.10. The Morgan fingerprint density at radius 1 is 1.15 bits per heavy atom. The van der Waals surface area contributed by atoms with Crippen molar-refractivity contribution in [2.24, 2.45) is 5.92 Å². The topological polar surface area (TPSA) is 73.0 Å². The summed E-state index contributed by atoms with van der Waals surface area (Å²) < 4.78 is 0. The molecule has 0 saturated carbocycles. The number of unbranched alkanes of at least 4 members (excludes halogenated alkanes) is 1. The van der Waals surface area contributed by atoms with Gasteiger partial charge in [0.1, 0.15) is 11.6 Å². The zero-order valence-electron chi connectivity index (χ0n) is 21.3. The van der Waals surface area contributed by atoms with Crippen LogP contribution >= 0.6 is 12.4 Å². The van der Waals surface area contributed by atoms with E-state index < -0.39 is 11.6 Å². The molecule has 1 N–H and O–H groups in total. The zero-order chi connectivity index (χ0) is 24.2. The second kappa shape index (κ2) is 12.0. The second-order valence-electron chi connectivity index (χ2n) is 10.2. The van der Waals surface area contributed by atoms with Gasteiger partial charge in [0.2, 0.25) is 11.8 Å². The van der Waals surface area contributed by atoms with Gasteiger partial charge < -0.3 is 15.1 Å². The third-order valence-electron chi connectivity index (χ3n) is 6.95. The second-order valence-corrected chi connectivity index (χ2v) is 10.2. The first-order valence-electron chi connectivity index (χ1n) is 12.3. The summed E-state index contributed by atoms with van der Waals surface area (Å²) >= 11 is 0. The van der Waals surface area contributed by atoms with E-state index in [1.165, 1.54) is 0 Å². The first kappa shape index (κ1) is 28.1. The predicted octanol–water partition coefficient (Wildman–Crippen LogP) is 3.32. The Balaban J connectivity index is 0.00000408. The third-order valence-corrected chi connectivity index (χ3v) is 6.95. The Morgan fingerprint density at radius 3 is 2.29 bits per heavy atom. The Bertz CT molecular complexity index is 848. The summed E-state index contributed by atoms with van der Waals surface area (Å²) in [6.45, 7) is 9.23. The summed E-state index contributed by atoms with van der Waals surface area (Å²) in [6, 6.07) is 7.35. The Labute approximate surface area is 210 Å². The number of carbonyl (C=O) groups is 3. The molecule has 190 valence electrons. The Kier molecular flexibility index (Phi) is 9.95. The molecule has 7 nitrogen and oxygen atoms in total. The number of hydrogen-bond acceptors (Lipinski definition) is 4. The van der Waals surface area contributed by atoms with Crippen LogP contribution in [0.15, 0.2) is 24.3 Å². The molecular weight excluding hydrogens is 452 g/mol. The Hall–Kier alpha value is -2.12. The van der Waals surface area contributed by atoms with Crippen molar-refractivity contribution in [1.29, 1.82) is 0 Å². The maximum Gasteiger partial charge on any atom is 0.253 e. The van der Waals surface area contributed by atoms with Gasteiger partial charge in [0.25, 0.3) is 5.91 Å². The standard InChI is InChI=1S/C26H40N4O3.ClH/c1-6-7-14-30-24(32)22(17-19(2)3)27-25(33)26(30)12-15-29(16-13-26)18-20-8-10-21(11-9-20)23(31)28(4)5;/h8-11,19,22H,6-7,12-18H2,1-5H3,(H,27,33);1H/t22-;/m0./s1. The summed E-state index contributed by atoms with van der Waals surface area (Å²) in [7, 11) is 3.50. The number of likely N-dealkylation sites (tertiary alicyclic amines) is 1. The number of nitrogens with zero attached hydrogens (tertiary/aromatic N) is 3. The van der Waals surface area contributed by atoms with Gasteiger partial charge in [-0.05, 0) is 49.3 Å². The number of piperazine rings is 1. The fourth-order valence-electron chi connectivity index (χ4n) is 4.99. The number of rotatable bonds is 8. The largest absolute Gasteiger partial charge is 0.345 e. The fraction of sp³-hybridized carbons (Fsp3) is 0.654. The van der Waals surface area contributed by atoms with Crippen molar-refractivity contribution in [2.75, 3.05) is 33.7 Å². The molecule has 0 aliphatic carbocycles. The van der Waals surface area contributed by atoms with Gasteiger partial charge in [-0.15, -0.1) is 12.4 Å². The van der Waals surface area contributed by atoms with E-state index in [4.69, 9.17) is 0 Å². The van der Waals surface area contributed by atoms with Crippen LogP contribution in [0.5, 0.6) is 0 Å². The highest BCUT2D eigenvalue weighted by Crippen LogP contribution is 2.34. The van der Waals surface area contributed by atoms with Crippen LogP contribution < -0.4 is 5.32 Å². The summed E-state index contributed by atoms with van der Waals surface area (Å²) in [6.07, 6.45) is 3.90. The van der Waals surface area contributed by atoms with Gasteiger partial charge in [-0.25, -0.2) is 0 Å². The molecule has 8 heteroatoms. The minimum atomic E-state index is -0.724. The minimum absolute atomic E-state index is 0. The van der Waals surface area contributed by atoms with Crippen LogP contribution in [0.2, 0.25) is 0 Å². The van der Waals surface area contributed by atoms with E-state index in [9.17, 15) is 14.4 Å². The first-order chi connectivity index (χ1) is 15.7. The summed E-state index contributed by atoms with van der Waals surface area (Å²) in [4.78, 5) is 44.6.